The van der Waals surface area contributed by atoms with Crippen LogP contribution in [0.25, 0.3) is 16.5 Å². The van der Waals surface area contributed by atoms with Crippen molar-refractivity contribution in [2.24, 2.45) is 30.9 Å². The molecule has 42 heavy (non-hydrogen) atoms. The third-order valence-electron chi connectivity index (χ3n) is 8.17. The number of H-pyrrole nitrogens is 1. The molecular weight excluding hydrogens is 518 g/mol. The van der Waals surface area contributed by atoms with Crippen molar-refractivity contribution in [1.82, 2.24) is 4.98 Å². The minimum atomic E-state index is -0.409. The number of hydrogen-bond acceptors (Lipinski definition) is 6. The van der Waals surface area contributed by atoms with Crippen LogP contribution in [0.2, 0.25) is 0 Å². The van der Waals surface area contributed by atoms with Crippen LogP contribution in [0.1, 0.15) is 29.2 Å². The summed E-state index contributed by atoms with van der Waals surface area (Å²) >= 11 is 0. The fourth-order valence-electron chi connectivity index (χ4n) is 6.13. The van der Waals surface area contributed by atoms with Gasteiger partial charge in [0.1, 0.15) is 17.0 Å². The average Bonchev–Trinajstić information content (AvgIpc) is 3.63. The lowest BCUT2D eigenvalue weighted by Gasteiger charge is -2.18. The second-order valence-electron chi connectivity index (χ2n) is 10.6. The second-order valence-corrected chi connectivity index (χ2v) is 10.6. The van der Waals surface area contributed by atoms with E-state index < -0.39 is 6.04 Å². The number of aliphatic imine (C=N–C) groups is 3. The van der Waals surface area contributed by atoms with Gasteiger partial charge < -0.3 is 10.4 Å². The molecule has 200 valence electrons. The molecule has 0 amide bonds. The van der Waals surface area contributed by atoms with Gasteiger partial charge in [0.05, 0.1) is 17.1 Å². The summed E-state index contributed by atoms with van der Waals surface area (Å²) in [5.74, 6) is 1.03. The molecule has 0 saturated heterocycles. The van der Waals surface area contributed by atoms with Crippen molar-refractivity contribution >= 4 is 39.6 Å². The number of allylic oxidation sites excluding steroid dienone is 3. The Morgan fingerprint density at radius 1 is 0.714 bits per heavy atom. The first kappa shape index (κ1) is 24.3. The maximum Gasteiger partial charge on any atom is 0.164 e. The molecule has 6 bridgehead atoms. The number of hydrogen-bond donors (Lipinski definition) is 2. The van der Waals surface area contributed by atoms with Gasteiger partial charge in [0.25, 0.3) is 0 Å². The van der Waals surface area contributed by atoms with Crippen molar-refractivity contribution in [3.8, 4) is 0 Å². The number of nitrogens with zero attached hydrogens (tertiary/aromatic N) is 5. The van der Waals surface area contributed by atoms with Gasteiger partial charge in [0.15, 0.2) is 11.7 Å². The third kappa shape index (κ3) is 3.67. The molecule has 2 N–H and O–H groups in total. The molecular formula is C35H25N7. The molecule has 2 atom stereocenters. The molecule has 0 saturated carbocycles. The number of rotatable bonds is 0. The van der Waals surface area contributed by atoms with Gasteiger partial charge in [-0.05, 0) is 12.5 Å². The van der Waals surface area contributed by atoms with Crippen molar-refractivity contribution in [2.45, 2.75) is 13.0 Å². The first-order chi connectivity index (χ1) is 20.6. The maximum atomic E-state index is 9.26. The summed E-state index contributed by atoms with van der Waals surface area (Å²) in [7, 11) is 0. The van der Waals surface area contributed by atoms with Gasteiger partial charge in [-0.1, -0.05) is 104 Å². The van der Waals surface area contributed by atoms with Gasteiger partial charge >= 0.3 is 0 Å². The van der Waals surface area contributed by atoms with Crippen molar-refractivity contribution in [3.05, 3.63) is 148 Å². The Kier molecular flexibility index (Phi) is 5.34. The van der Waals surface area contributed by atoms with Crippen LogP contribution in [-0.2, 0) is 0 Å². The zero-order valence-electron chi connectivity index (χ0n) is 22.8. The first-order valence-electron chi connectivity index (χ1n) is 13.9. The number of aromatic nitrogens is 1. The van der Waals surface area contributed by atoms with Crippen molar-refractivity contribution in [3.63, 3.8) is 0 Å². The Morgan fingerprint density at radius 3 is 2.07 bits per heavy atom. The number of nitrogens with one attached hydrogen (secondary N) is 2. The van der Waals surface area contributed by atoms with Crippen molar-refractivity contribution < 1.29 is 0 Å². The molecule has 0 fully saturated rings. The molecule has 3 heterocycles. The molecule has 3 aromatic carbocycles. The quantitative estimate of drug-likeness (QED) is 0.292. The lowest BCUT2D eigenvalue weighted by Crippen LogP contribution is -2.23. The van der Waals surface area contributed by atoms with E-state index in [0.717, 1.165) is 44.3 Å². The molecule has 4 aromatic rings. The number of benzene rings is 3. The lowest BCUT2D eigenvalue weighted by atomic mass is 9.93. The highest BCUT2D eigenvalue weighted by atomic mass is 15.1. The van der Waals surface area contributed by atoms with E-state index in [2.05, 4.69) is 17.6 Å². The molecule has 0 spiro atoms. The van der Waals surface area contributed by atoms with E-state index >= 15 is 0 Å². The molecule has 4 aliphatic rings. The predicted molar refractivity (Wildman–Crippen MR) is 168 cm³/mol. The highest BCUT2D eigenvalue weighted by Crippen LogP contribution is 2.38. The standard InChI is InChI=1S/C35H25N7/c1-19-21-11-3-4-12-22(21)20(2)38-32-25-15-7-9-17-27(25)34(40-32)42-35-28-18-10-8-16-26(28)33(41-35)39-31-24-14-6-5-13-23(24)30(37-19)29(31)36/h3-18,23,30,36H,2H2,1H3,(H,38,39,40,41,42). The van der Waals surface area contributed by atoms with E-state index in [4.69, 9.17) is 25.0 Å². The lowest BCUT2D eigenvalue weighted by molar-refractivity contribution is 0.719. The van der Waals surface area contributed by atoms with Gasteiger partial charge in [-0.2, -0.15) is 0 Å². The number of fused-ring (bicyclic) bond motifs is 14. The van der Waals surface area contributed by atoms with Gasteiger partial charge in [-0.15, -0.1) is 0 Å². The van der Waals surface area contributed by atoms with E-state index in [1.165, 1.54) is 0 Å². The summed E-state index contributed by atoms with van der Waals surface area (Å²) in [5.41, 5.74) is 8.33. The van der Waals surface area contributed by atoms with E-state index in [9.17, 15) is 5.41 Å². The van der Waals surface area contributed by atoms with Crippen LogP contribution >= 0.6 is 0 Å². The minimum Gasteiger partial charge on any atom is -0.324 e. The maximum absolute atomic E-state index is 9.26. The monoisotopic (exact) mass is 543 g/mol. The molecule has 1 aromatic heterocycles. The van der Waals surface area contributed by atoms with E-state index in [-0.39, 0.29) is 5.92 Å². The smallest absolute Gasteiger partial charge is 0.164 e. The fourth-order valence-corrected chi connectivity index (χ4v) is 6.13. The Bertz CT molecular complexity index is 2200. The van der Waals surface area contributed by atoms with Crippen LogP contribution < -0.4 is 11.0 Å². The van der Waals surface area contributed by atoms with Crippen LogP contribution in [0.15, 0.2) is 140 Å². The van der Waals surface area contributed by atoms with Crippen LogP contribution in [0.4, 0.5) is 0 Å². The molecule has 2 aliphatic carbocycles. The zero-order valence-corrected chi connectivity index (χ0v) is 22.8. The highest BCUT2D eigenvalue weighted by molar-refractivity contribution is 6.24. The normalized spacial score (nSPS) is 20.6. The largest absolute Gasteiger partial charge is 0.324 e. The van der Waals surface area contributed by atoms with Crippen LogP contribution in [-0.4, -0.2) is 34.1 Å². The zero-order chi connectivity index (χ0) is 28.4. The summed E-state index contributed by atoms with van der Waals surface area (Å²) in [6, 6.07) is 23.6. The Balaban J connectivity index is 1.46. The second kappa shape index (κ2) is 9.24. The summed E-state index contributed by atoms with van der Waals surface area (Å²) in [6.07, 6.45) is 8.16. The Hall–Kier alpha value is -5.56. The highest BCUT2D eigenvalue weighted by Gasteiger charge is 2.38. The molecule has 2 aliphatic heterocycles. The minimum absolute atomic E-state index is 0.0822. The average molecular weight is 544 g/mol. The fraction of sp³-hybridized carbons (Fsp3) is 0.0857. The number of amidine groups is 2. The van der Waals surface area contributed by atoms with Crippen LogP contribution in [0, 0.1) is 11.3 Å². The summed E-state index contributed by atoms with van der Waals surface area (Å²) in [4.78, 5) is 28.5. The van der Waals surface area contributed by atoms with Crippen LogP contribution in [0.3, 0.4) is 0 Å². The summed E-state index contributed by atoms with van der Waals surface area (Å²) in [6.45, 7) is 6.35. The molecule has 8 rings (SSSR count). The van der Waals surface area contributed by atoms with Gasteiger partial charge in [0, 0.05) is 44.7 Å². The third-order valence-corrected chi connectivity index (χ3v) is 8.17. The van der Waals surface area contributed by atoms with E-state index in [1.54, 1.807) is 0 Å². The van der Waals surface area contributed by atoms with Gasteiger partial charge in [-0.3, -0.25) is 4.99 Å². The van der Waals surface area contributed by atoms with Gasteiger partial charge in [0.2, 0.25) is 0 Å². The summed E-state index contributed by atoms with van der Waals surface area (Å²) in [5, 5.41) is 11.1. The van der Waals surface area contributed by atoms with Crippen molar-refractivity contribution in [1.29, 1.82) is 5.41 Å². The Morgan fingerprint density at radius 2 is 1.33 bits per heavy atom. The van der Waals surface area contributed by atoms with E-state index in [0.29, 0.717) is 39.8 Å². The van der Waals surface area contributed by atoms with Gasteiger partial charge in [-0.25, -0.2) is 20.0 Å². The molecule has 2 unspecified atom stereocenters. The predicted octanol–water partition coefficient (Wildman–Crippen LogP) is 5.51. The number of aromatic amines is 1. The molecule has 7 heteroatoms. The molecule has 7 nitrogen and oxygen atoms in total. The molecule has 0 radical (unpaired) electrons. The van der Waals surface area contributed by atoms with Crippen LogP contribution in [0.5, 0.6) is 0 Å². The van der Waals surface area contributed by atoms with E-state index in [1.807, 2.05) is 97.9 Å². The summed E-state index contributed by atoms with van der Waals surface area (Å²) < 4.78 is 0. The SMILES string of the molecule is C=C1N=c2[nH]c(c3ccccc23)=NC2=NC(=NC3=C4C=CC=CC4C(N=C(C)c4ccccc41)C3=N)c1ccccc12. The van der Waals surface area contributed by atoms with Crippen molar-refractivity contribution in [2.75, 3.05) is 0 Å². The topological polar surface area (TPSA) is 101 Å². The first-order valence-corrected chi connectivity index (χ1v) is 13.9. The Labute approximate surface area is 241 Å².